The van der Waals surface area contributed by atoms with E-state index in [0.717, 1.165) is 41.1 Å². The molecular weight excluding hydrogens is 699 g/mol. The number of nitrogens with zero attached hydrogens (tertiary/aromatic N) is 3. The van der Waals surface area contributed by atoms with Gasteiger partial charge in [0.25, 0.3) is 26.0 Å². The van der Waals surface area contributed by atoms with E-state index < -0.39 is 49.1 Å². The second kappa shape index (κ2) is 13.7. The number of ether oxygens (including phenoxy) is 1. The van der Waals surface area contributed by atoms with Crippen LogP contribution in [0.2, 0.25) is 8.67 Å². The summed E-state index contributed by atoms with van der Waals surface area (Å²) in [7, 11) is -4.41. The second-order valence-corrected chi connectivity index (χ2v) is 15.9. The highest BCUT2D eigenvalue weighted by atomic mass is 35.5. The number of sulfonamides is 2. The van der Waals surface area contributed by atoms with Gasteiger partial charge in [0.1, 0.15) is 15.6 Å². The van der Waals surface area contributed by atoms with E-state index in [0.29, 0.717) is 4.31 Å². The van der Waals surface area contributed by atoms with Crippen molar-refractivity contribution in [2.45, 2.75) is 30.1 Å². The van der Waals surface area contributed by atoms with Gasteiger partial charge in [-0.05, 0) is 24.3 Å². The van der Waals surface area contributed by atoms with Crippen LogP contribution >= 0.6 is 45.9 Å². The molecule has 0 unspecified atom stereocenters. The number of fused-ring (bicyclic) bond motifs is 2. The number of esters is 1. The summed E-state index contributed by atoms with van der Waals surface area (Å²) in [6.07, 6.45) is 2.72. The Bertz CT molecular complexity index is 1870. The zero-order valence-electron chi connectivity index (χ0n) is 23.7. The summed E-state index contributed by atoms with van der Waals surface area (Å²) in [5.74, 6) is -2.39. The number of carbonyl (C=O) groups is 2. The zero-order chi connectivity index (χ0) is 33.1. The topological polar surface area (TPSA) is 184 Å². The molecule has 3 aromatic heterocycles. The van der Waals surface area contributed by atoms with Crippen LogP contribution in [0.1, 0.15) is 30.0 Å². The number of thiophene rings is 2. The number of anilines is 1. The molecule has 0 fully saturated rings. The maximum Gasteiger partial charge on any atom is 0.359 e. The van der Waals surface area contributed by atoms with Crippen molar-refractivity contribution in [2.24, 2.45) is 0 Å². The van der Waals surface area contributed by atoms with Gasteiger partial charge < -0.3 is 20.3 Å². The molecule has 0 saturated heterocycles. The van der Waals surface area contributed by atoms with Gasteiger partial charge in [0, 0.05) is 20.3 Å². The highest BCUT2D eigenvalue weighted by molar-refractivity contribution is 7.90. The fraction of sp³-hybridized carbons (Fsp3) is 0.240. The maximum atomic E-state index is 12.5. The Morgan fingerprint density at radius 3 is 1.80 bits per heavy atom. The number of halogens is 2. The normalized spacial score (nSPS) is 16.1. The summed E-state index contributed by atoms with van der Waals surface area (Å²) in [5, 5.41) is 22.7. The van der Waals surface area contributed by atoms with Crippen molar-refractivity contribution >= 4 is 95.1 Å². The molecule has 0 spiro atoms. The third kappa shape index (κ3) is 6.67. The molecule has 2 aliphatic rings. The molecule has 13 nitrogen and oxygen atoms in total. The third-order valence-corrected chi connectivity index (χ3v) is 12.0. The molecule has 0 aliphatic carbocycles. The molecule has 0 aromatic carbocycles. The summed E-state index contributed by atoms with van der Waals surface area (Å²) in [6.45, 7) is 4.25. The molecule has 5 heterocycles. The van der Waals surface area contributed by atoms with Gasteiger partial charge in [0.05, 0.1) is 25.5 Å². The van der Waals surface area contributed by atoms with Crippen molar-refractivity contribution in [3.8, 4) is 0 Å². The Labute approximate surface area is 271 Å². The highest BCUT2D eigenvalue weighted by Crippen LogP contribution is 2.43. The van der Waals surface area contributed by atoms with Gasteiger partial charge in [-0.2, -0.15) is 0 Å². The number of hydrogen-bond donors (Lipinski definition) is 3. The largest absolute Gasteiger partial charge is 0.504 e. The quantitative estimate of drug-likeness (QED) is 0.306. The SMILES string of the molecule is CCC.CN1C(C(=O)Nc2ccccn2)=C(O)c2sc(Cl)cc2S1(=O)=O.COC(=O)C1=C(O)c2sc(Cl)cc2S(=O)(=O)N1C. The number of rotatable bonds is 3. The van der Waals surface area contributed by atoms with E-state index >= 15 is 0 Å². The number of hydrogen-bond acceptors (Lipinski definition) is 12. The zero-order valence-corrected chi connectivity index (χ0v) is 28.4. The van der Waals surface area contributed by atoms with Crippen LogP contribution in [-0.4, -0.2) is 73.7 Å². The summed E-state index contributed by atoms with van der Waals surface area (Å²) in [6, 6.07) is 7.35. The molecular formula is C25H26Cl2N4O9S4. The van der Waals surface area contributed by atoms with Crippen LogP contribution in [-0.2, 0) is 34.4 Å². The van der Waals surface area contributed by atoms with Gasteiger partial charge in [-0.25, -0.2) is 26.6 Å². The number of nitrogens with one attached hydrogen (secondary N) is 1. The fourth-order valence-electron chi connectivity index (χ4n) is 3.64. The first-order chi connectivity index (χ1) is 20.5. The molecule has 2 aliphatic heterocycles. The Balaban J connectivity index is 0.000000227. The molecule has 238 valence electrons. The number of aromatic nitrogens is 1. The van der Waals surface area contributed by atoms with Crippen LogP contribution in [0, 0.1) is 0 Å². The van der Waals surface area contributed by atoms with Gasteiger partial charge >= 0.3 is 5.97 Å². The lowest BCUT2D eigenvalue weighted by atomic mass is 10.3. The predicted molar refractivity (Wildman–Crippen MR) is 169 cm³/mol. The molecule has 5 rings (SSSR count). The molecule has 0 bridgehead atoms. The molecule has 0 radical (unpaired) electrons. The second-order valence-electron chi connectivity index (χ2n) is 8.70. The van der Waals surface area contributed by atoms with E-state index in [1.54, 1.807) is 18.2 Å². The summed E-state index contributed by atoms with van der Waals surface area (Å²) in [4.78, 5) is 27.7. The van der Waals surface area contributed by atoms with Gasteiger partial charge in [0.15, 0.2) is 22.9 Å². The van der Waals surface area contributed by atoms with E-state index in [-0.39, 0.29) is 39.7 Å². The van der Waals surface area contributed by atoms with Gasteiger partial charge in [-0.3, -0.25) is 13.4 Å². The van der Waals surface area contributed by atoms with E-state index in [1.807, 2.05) is 0 Å². The molecule has 0 atom stereocenters. The number of aliphatic hydroxyl groups excluding tert-OH is 2. The minimum Gasteiger partial charge on any atom is -0.504 e. The number of pyridine rings is 1. The van der Waals surface area contributed by atoms with Crippen LogP contribution < -0.4 is 5.32 Å². The van der Waals surface area contributed by atoms with Crippen LogP contribution in [0.15, 0.2) is 57.7 Å². The summed E-state index contributed by atoms with van der Waals surface area (Å²) < 4.78 is 55.4. The van der Waals surface area contributed by atoms with Crippen LogP contribution in [0.5, 0.6) is 0 Å². The van der Waals surface area contributed by atoms with Crippen molar-refractivity contribution < 1.29 is 41.4 Å². The van der Waals surface area contributed by atoms with Crippen molar-refractivity contribution in [3.63, 3.8) is 0 Å². The average molecular weight is 726 g/mol. The van der Waals surface area contributed by atoms with Crippen LogP contribution in [0.3, 0.4) is 0 Å². The predicted octanol–water partition coefficient (Wildman–Crippen LogP) is 5.15. The van der Waals surface area contributed by atoms with E-state index in [9.17, 15) is 36.6 Å². The monoisotopic (exact) mass is 724 g/mol. The first-order valence-corrected chi connectivity index (χ1v) is 17.6. The van der Waals surface area contributed by atoms with Crippen molar-refractivity contribution in [2.75, 3.05) is 26.5 Å². The smallest absolute Gasteiger partial charge is 0.359 e. The number of carbonyl (C=O) groups excluding carboxylic acids is 2. The number of amides is 1. The van der Waals surface area contributed by atoms with Crippen LogP contribution in [0.25, 0.3) is 11.5 Å². The Morgan fingerprint density at radius 2 is 1.36 bits per heavy atom. The van der Waals surface area contributed by atoms with Crippen LogP contribution in [0.4, 0.5) is 5.82 Å². The standard InChI is InChI=1S/C13H10ClN3O4S2.C9H8ClNO5S2.C3H8/c1-17-10(13(19)16-9-4-2-3-5-15-9)11(18)12-7(23(17,20)21)6-8(14)22-12;1-11-6(9(13)16-2)7(12)8-4(18(11,14)15)3-5(10)17-8;1-3-2/h2-6,18H,1H3,(H,15,16,19);3,12H,1-2H3;3H2,1-2H3. The highest BCUT2D eigenvalue weighted by Gasteiger charge is 2.41. The lowest BCUT2D eigenvalue weighted by Crippen LogP contribution is -2.36. The van der Waals surface area contributed by atoms with E-state index in [4.69, 9.17) is 23.2 Å². The maximum absolute atomic E-state index is 12.5. The van der Waals surface area contributed by atoms with E-state index in [1.165, 1.54) is 31.8 Å². The average Bonchev–Trinajstić information content (AvgIpc) is 3.57. The molecule has 0 saturated carbocycles. The minimum atomic E-state index is -3.96. The first-order valence-electron chi connectivity index (χ1n) is 12.3. The fourth-order valence-corrected chi connectivity index (χ4v) is 9.53. The molecule has 3 N–H and O–H groups in total. The Hall–Kier alpha value is -3.35. The van der Waals surface area contributed by atoms with Crippen molar-refractivity contribution in [1.29, 1.82) is 0 Å². The van der Waals surface area contributed by atoms with Crippen molar-refractivity contribution in [3.05, 3.63) is 66.3 Å². The summed E-state index contributed by atoms with van der Waals surface area (Å²) in [5.41, 5.74) is -0.815. The third-order valence-electron chi connectivity index (χ3n) is 5.62. The number of aliphatic hydroxyl groups is 2. The molecule has 1 amide bonds. The number of likely N-dealkylation sites (N-methyl/N-ethyl adjacent to an activating group) is 2. The molecule has 3 aromatic rings. The van der Waals surface area contributed by atoms with Gasteiger partial charge in [-0.15, -0.1) is 22.7 Å². The van der Waals surface area contributed by atoms with Gasteiger partial charge in [-0.1, -0.05) is 49.5 Å². The lowest BCUT2D eigenvalue weighted by Gasteiger charge is -2.26. The first kappa shape index (κ1) is 35.1. The summed E-state index contributed by atoms with van der Waals surface area (Å²) >= 11 is 13.3. The van der Waals surface area contributed by atoms with Gasteiger partial charge in [0.2, 0.25) is 0 Å². The number of methoxy groups -OCH3 is 1. The molecule has 44 heavy (non-hydrogen) atoms. The molecule has 19 heteroatoms. The van der Waals surface area contributed by atoms with Crippen molar-refractivity contribution in [1.82, 2.24) is 13.6 Å². The lowest BCUT2D eigenvalue weighted by molar-refractivity contribution is -0.137. The van der Waals surface area contributed by atoms with E-state index in [2.05, 4.69) is 28.9 Å². The Kier molecular flexibility index (Phi) is 11.0. The Morgan fingerprint density at radius 1 is 0.909 bits per heavy atom. The minimum absolute atomic E-state index is 0.0403.